The van der Waals surface area contributed by atoms with Gasteiger partial charge in [0.05, 0.1) is 6.61 Å². The summed E-state index contributed by atoms with van der Waals surface area (Å²) >= 11 is 3.19. The van der Waals surface area contributed by atoms with Crippen molar-refractivity contribution >= 4 is 15.9 Å². The van der Waals surface area contributed by atoms with E-state index in [0.717, 1.165) is 5.75 Å². The summed E-state index contributed by atoms with van der Waals surface area (Å²) in [5, 5.41) is 10.2. The predicted molar refractivity (Wildman–Crippen MR) is 75.8 cm³/mol. The van der Waals surface area contributed by atoms with Crippen molar-refractivity contribution in [2.45, 2.75) is 13.0 Å². The molecule has 0 radical (unpaired) electrons. The average Bonchev–Trinajstić information content (AvgIpc) is 2.39. The normalized spacial score (nSPS) is 12.2. The topological polar surface area (TPSA) is 29.5 Å². The van der Waals surface area contributed by atoms with E-state index in [1.165, 1.54) is 6.07 Å². The summed E-state index contributed by atoms with van der Waals surface area (Å²) in [5.41, 5.74) is 0.886. The molecule has 0 saturated carbocycles. The second-order valence-electron chi connectivity index (χ2n) is 4.07. The molecule has 0 amide bonds. The van der Waals surface area contributed by atoms with Crippen LogP contribution in [0.3, 0.4) is 0 Å². The lowest BCUT2D eigenvalue weighted by Crippen LogP contribution is -2.02. The number of hydrogen-bond acceptors (Lipinski definition) is 2. The van der Waals surface area contributed by atoms with Crippen molar-refractivity contribution < 1.29 is 14.2 Å². The summed E-state index contributed by atoms with van der Waals surface area (Å²) in [6, 6.07) is 11.6. The number of rotatable bonds is 4. The third-order valence-corrected chi connectivity index (χ3v) is 3.26. The Kier molecular flexibility index (Phi) is 4.56. The molecule has 0 aliphatic carbocycles. The van der Waals surface area contributed by atoms with Gasteiger partial charge in [-0.05, 0) is 36.8 Å². The summed E-state index contributed by atoms with van der Waals surface area (Å²) in [5.74, 6) is 0.297. The van der Waals surface area contributed by atoms with Crippen molar-refractivity contribution in [1.29, 1.82) is 0 Å². The molecule has 2 rings (SSSR count). The maximum absolute atomic E-state index is 13.8. The number of benzene rings is 2. The van der Waals surface area contributed by atoms with Crippen LogP contribution in [0.2, 0.25) is 0 Å². The summed E-state index contributed by atoms with van der Waals surface area (Å²) < 4.78 is 19.7. The molecule has 0 bridgehead atoms. The van der Waals surface area contributed by atoms with Crippen LogP contribution in [0.5, 0.6) is 5.75 Å². The Bertz CT molecular complexity index is 555. The molecule has 2 nitrogen and oxygen atoms in total. The highest BCUT2D eigenvalue weighted by atomic mass is 79.9. The molecule has 19 heavy (non-hydrogen) atoms. The van der Waals surface area contributed by atoms with E-state index >= 15 is 0 Å². The largest absolute Gasteiger partial charge is 0.494 e. The quantitative estimate of drug-likeness (QED) is 0.918. The second kappa shape index (κ2) is 6.17. The van der Waals surface area contributed by atoms with Crippen molar-refractivity contribution in [2.75, 3.05) is 6.61 Å². The molecule has 0 aliphatic heterocycles. The van der Waals surface area contributed by atoms with Gasteiger partial charge in [-0.25, -0.2) is 4.39 Å². The molecule has 100 valence electrons. The molecule has 4 heteroatoms. The molecular weight excluding hydrogens is 311 g/mol. The van der Waals surface area contributed by atoms with Crippen LogP contribution in [0.4, 0.5) is 4.39 Å². The molecule has 0 fully saturated rings. The highest BCUT2D eigenvalue weighted by Crippen LogP contribution is 2.27. The zero-order valence-corrected chi connectivity index (χ0v) is 12.0. The summed E-state index contributed by atoms with van der Waals surface area (Å²) in [6.45, 7) is 2.49. The molecule has 1 unspecified atom stereocenters. The Morgan fingerprint density at radius 3 is 2.47 bits per heavy atom. The third-order valence-electron chi connectivity index (χ3n) is 2.76. The van der Waals surface area contributed by atoms with Gasteiger partial charge in [-0.2, -0.15) is 0 Å². The Labute approximate surface area is 120 Å². The highest BCUT2D eigenvalue weighted by molar-refractivity contribution is 9.10. The van der Waals surface area contributed by atoms with Crippen LogP contribution in [0.15, 0.2) is 46.9 Å². The molecule has 0 heterocycles. The van der Waals surface area contributed by atoms with Crippen LogP contribution >= 0.6 is 15.9 Å². The summed E-state index contributed by atoms with van der Waals surface area (Å²) in [4.78, 5) is 0. The molecule has 0 saturated heterocycles. The number of halogens is 2. The number of aliphatic hydroxyl groups excluding tert-OH is 1. The van der Waals surface area contributed by atoms with Gasteiger partial charge in [0.1, 0.15) is 17.7 Å². The predicted octanol–water partition coefficient (Wildman–Crippen LogP) is 4.07. The Balaban J connectivity index is 2.25. The standard InChI is InChI=1S/C15H14BrFO2/c1-2-19-12-6-3-10(4-7-12)15(18)13-8-5-11(16)9-14(13)17/h3-9,15,18H,2H2,1H3. The molecule has 0 spiro atoms. The second-order valence-corrected chi connectivity index (χ2v) is 4.99. The van der Waals surface area contributed by atoms with Crippen LogP contribution in [0, 0.1) is 5.82 Å². The Hall–Kier alpha value is -1.39. The van der Waals surface area contributed by atoms with E-state index in [1.54, 1.807) is 36.4 Å². The van der Waals surface area contributed by atoms with Crippen LogP contribution in [0.1, 0.15) is 24.2 Å². The van der Waals surface area contributed by atoms with Crippen molar-refractivity contribution in [3.63, 3.8) is 0 Å². The monoisotopic (exact) mass is 324 g/mol. The van der Waals surface area contributed by atoms with Gasteiger partial charge < -0.3 is 9.84 Å². The minimum Gasteiger partial charge on any atom is -0.494 e. The van der Waals surface area contributed by atoms with Gasteiger partial charge in [-0.3, -0.25) is 0 Å². The van der Waals surface area contributed by atoms with Gasteiger partial charge in [0.15, 0.2) is 0 Å². The fraction of sp³-hybridized carbons (Fsp3) is 0.200. The van der Waals surface area contributed by atoms with Crippen molar-refractivity contribution in [2.24, 2.45) is 0 Å². The maximum Gasteiger partial charge on any atom is 0.130 e. The van der Waals surface area contributed by atoms with Gasteiger partial charge >= 0.3 is 0 Å². The molecule has 1 atom stereocenters. The molecular formula is C15H14BrFO2. The first-order valence-corrected chi connectivity index (χ1v) is 6.77. The van der Waals surface area contributed by atoms with Gasteiger partial charge in [0.25, 0.3) is 0 Å². The lowest BCUT2D eigenvalue weighted by atomic mass is 10.0. The molecule has 2 aromatic carbocycles. The fourth-order valence-corrected chi connectivity index (χ4v) is 2.15. The lowest BCUT2D eigenvalue weighted by Gasteiger charge is -2.13. The van der Waals surface area contributed by atoms with E-state index in [2.05, 4.69) is 15.9 Å². The third kappa shape index (κ3) is 3.33. The zero-order chi connectivity index (χ0) is 13.8. The van der Waals surface area contributed by atoms with Crippen LogP contribution < -0.4 is 4.74 Å². The minimum absolute atomic E-state index is 0.257. The zero-order valence-electron chi connectivity index (χ0n) is 10.4. The van der Waals surface area contributed by atoms with Gasteiger partial charge in [0.2, 0.25) is 0 Å². The van der Waals surface area contributed by atoms with Gasteiger partial charge in [-0.15, -0.1) is 0 Å². The van der Waals surface area contributed by atoms with Crippen LogP contribution in [-0.2, 0) is 0 Å². The SMILES string of the molecule is CCOc1ccc(C(O)c2ccc(Br)cc2F)cc1. The number of aliphatic hydroxyl groups is 1. The summed E-state index contributed by atoms with van der Waals surface area (Å²) in [7, 11) is 0. The first-order valence-electron chi connectivity index (χ1n) is 5.97. The van der Waals surface area contributed by atoms with Gasteiger partial charge in [0, 0.05) is 10.0 Å². The molecule has 0 aliphatic rings. The molecule has 2 aromatic rings. The van der Waals surface area contributed by atoms with E-state index in [0.29, 0.717) is 16.6 Å². The maximum atomic E-state index is 13.8. The summed E-state index contributed by atoms with van der Waals surface area (Å²) in [6.07, 6.45) is -0.983. The first-order chi connectivity index (χ1) is 9.11. The number of ether oxygens (including phenoxy) is 1. The average molecular weight is 325 g/mol. The van der Waals surface area contributed by atoms with Crippen molar-refractivity contribution in [3.8, 4) is 5.75 Å². The molecule has 1 N–H and O–H groups in total. The van der Waals surface area contributed by atoms with E-state index in [-0.39, 0.29) is 5.56 Å². The van der Waals surface area contributed by atoms with E-state index in [1.807, 2.05) is 6.92 Å². The smallest absolute Gasteiger partial charge is 0.130 e. The van der Waals surface area contributed by atoms with E-state index in [9.17, 15) is 9.50 Å². The Morgan fingerprint density at radius 2 is 1.89 bits per heavy atom. The Morgan fingerprint density at radius 1 is 1.21 bits per heavy atom. The fourth-order valence-electron chi connectivity index (χ4n) is 1.82. The van der Waals surface area contributed by atoms with Gasteiger partial charge in [-0.1, -0.05) is 34.1 Å². The molecule has 0 aromatic heterocycles. The van der Waals surface area contributed by atoms with Crippen molar-refractivity contribution in [3.05, 3.63) is 63.9 Å². The van der Waals surface area contributed by atoms with E-state index < -0.39 is 11.9 Å². The minimum atomic E-state index is -0.983. The highest BCUT2D eigenvalue weighted by Gasteiger charge is 2.15. The van der Waals surface area contributed by atoms with E-state index in [4.69, 9.17) is 4.74 Å². The lowest BCUT2D eigenvalue weighted by molar-refractivity contribution is 0.214. The van der Waals surface area contributed by atoms with Crippen molar-refractivity contribution in [1.82, 2.24) is 0 Å². The number of hydrogen-bond donors (Lipinski definition) is 1. The van der Waals surface area contributed by atoms with Crippen LogP contribution in [-0.4, -0.2) is 11.7 Å². The van der Waals surface area contributed by atoms with Crippen LogP contribution in [0.25, 0.3) is 0 Å². The first kappa shape index (κ1) is 14.0.